The Kier molecular flexibility index (Phi) is 7.35. The van der Waals surface area contributed by atoms with Gasteiger partial charge < -0.3 is 5.11 Å². The lowest BCUT2D eigenvalue weighted by molar-refractivity contribution is 0.0840. The fourth-order valence-corrected chi connectivity index (χ4v) is 1.72. The molecule has 0 rings (SSSR count). The normalized spacial score (nSPS) is 18.2. The molecule has 0 aromatic rings. The lowest BCUT2D eigenvalue weighted by Gasteiger charge is -2.23. The average molecular weight is 185 g/mol. The molecule has 3 unspecified atom stereocenters. The summed E-state index contributed by atoms with van der Waals surface area (Å²) in [6.07, 6.45) is 5.18. The van der Waals surface area contributed by atoms with E-state index in [1.54, 1.807) is 0 Å². The maximum absolute atomic E-state index is 9.83. The lowest BCUT2D eigenvalue weighted by atomic mass is 9.86. The first-order chi connectivity index (χ1) is 6.15. The van der Waals surface area contributed by atoms with Crippen molar-refractivity contribution < 1.29 is 5.11 Å². The highest BCUT2D eigenvalue weighted by Crippen LogP contribution is 2.23. The van der Waals surface area contributed by atoms with Gasteiger partial charge in [0.1, 0.15) is 0 Å². The fraction of sp³-hybridized carbons (Fsp3) is 0.917. The molecule has 1 radical (unpaired) electrons. The minimum atomic E-state index is -0.106. The number of rotatable bonds is 7. The van der Waals surface area contributed by atoms with E-state index in [4.69, 9.17) is 0 Å². The molecule has 0 aliphatic rings. The quantitative estimate of drug-likeness (QED) is 0.644. The van der Waals surface area contributed by atoms with Crippen molar-refractivity contribution in [1.82, 2.24) is 0 Å². The summed E-state index contributed by atoms with van der Waals surface area (Å²) in [7, 11) is 0. The van der Waals surface area contributed by atoms with Crippen LogP contribution in [0, 0.1) is 18.8 Å². The van der Waals surface area contributed by atoms with Crippen molar-refractivity contribution in [2.45, 2.75) is 59.0 Å². The lowest BCUT2D eigenvalue weighted by Crippen LogP contribution is -2.21. The molecule has 1 heteroatoms. The van der Waals surface area contributed by atoms with Gasteiger partial charge in [0.25, 0.3) is 0 Å². The molecule has 0 fully saturated rings. The Bertz CT molecular complexity index is 112. The van der Waals surface area contributed by atoms with E-state index in [2.05, 4.69) is 27.7 Å². The fourth-order valence-electron chi connectivity index (χ4n) is 1.72. The smallest absolute Gasteiger partial charge is 0.0568 e. The van der Waals surface area contributed by atoms with E-state index in [0.717, 1.165) is 32.1 Å². The predicted octanol–water partition coefficient (Wildman–Crippen LogP) is 3.42. The van der Waals surface area contributed by atoms with Crippen LogP contribution in [0.2, 0.25) is 0 Å². The van der Waals surface area contributed by atoms with Gasteiger partial charge in [-0.2, -0.15) is 0 Å². The van der Waals surface area contributed by atoms with Crippen molar-refractivity contribution in [2.24, 2.45) is 11.8 Å². The molecule has 0 saturated carbocycles. The van der Waals surface area contributed by atoms with Crippen molar-refractivity contribution in [2.75, 3.05) is 0 Å². The third kappa shape index (κ3) is 5.30. The van der Waals surface area contributed by atoms with E-state index in [1.807, 2.05) is 0 Å². The number of hydrogen-bond acceptors (Lipinski definition) is 1. The summed E-state index contributed by atoms with van der Waals surface area (Å²) in [4.78, 5) is 0. The first kappa shape index (κ1) is 13.0. The summed E-state index contributed by atoms with van der Waals surface area (Å²) in [5, 5.41) is 9.83. The first-order valence-electron chi connectivity index (χ1n) is 5.66. The minimum Gasteiger partial charge on any atom is -0.393 e. The highest BCUT2D eigenvalue weighted by molar-refractivity contribution is 4.72. The topological polar surface area (TPSA) is 20.2 Å². The van der Waals surface area contributed by atoms with Gasteiger partial charge in [-0.05, 0) is 24.7 Å². The zero-order chi connectivity index (χ0) is 10.3. The Morgan fingerprint density at radius 1 is 1.15 bits per heavy atom. The Labute approximate surface area is 83.5 Å². The standard InChI is InChI=1S/C12H25O/c1-5-8-12(13)11(7-3)9-10(4)6-2/h10-13H,4-9H2,1-3H3. The summed E-state index contributed by atoms with van der Waals surface area (Å²) in [5.41, 5.74) is 0. The van der Waals surface area contributed by atoms with Crippen LogP contribution in [0.3, 0.4) is 0 Å². The predicted molar refractivity (Wildman–Crippen MR) is 58.5 cm³/mol. The third-order valence-corrected chi connectivity index (χ3v) is 2.87. The molecule has 0 aromatic heterocycles. The van der Waals surface area contributed by atoms with Gasteiger partial charge in [-0.15, -0.1) is 0 Å². The number of hydrogen-bond donors (Lipinski definition) is 1. The van der Waals surface area contributed by atoms with Crippen LogP contribution >= 0.6 is 0 Å². The molecule has 13 heavy (non-hydrogen) atoms. The van der Waals surface area contributed by atoms with Crippen LogP contribution in [0.15, 0.2) is 0 Å². The Balaban J connectivity index is 3.86. The molecule has 0 aromatic carbocycles. The summed E-state index contributed by atoms with van der Waals surface area (Å²) >= 11 is 0. The summed E-state index contributed by atoms with van der Waals surface area (Å²) in [6.45, 7) is 10.5. The van der Waals surface area contributed by atoms with Crippen molar-refractivity contribution >= 4 is 0 Å². The van der Waals surface area contributed by atoms with Crippen LogP contribution < -0.4 is 0 Å². The maximum Gasteiger partial charge on any atom is 0.0568 e. The van der Waals surface area contributed by atoms with Gasteiger partial charge in [0.15, 0.2) is 0 Å². The molecule has 0 aliphatic heterocycles. The first-order valence-corrected chi connectivity index (χ1v) is 5.66. The summed E-state index contributed by atoms with van der Waals surface area (Å²) in [6, 6.07) is 0. The highest BCUT2D eigenvalue weighted by Gasteiger charge is 2.18. The summed E-state index contributed by atoms with van der Waals surface area (Å²) in [5.74, 6) is 0.971. The van der Waals surface area contributed by atoms with Crippen molar-refractivity contribution in [3.8, 4) is 0 Å². The third-order valence-electron chi connectivity index (χ3n) is 2.87. The Hall–Kier alpha value is -0.0400. The highest BCUT2D eigenvalue weighted by atomic mass is 16.3. The van der Waals surface area contributed by atoms with Gasteiger partial charge in [-0.3, -0.25) is 0 Å². The monoisotopic (exact) mass is 185 g/mol. The largest absolute Gasteiger partial charge is 0.393 e. The van der Waals surface area contributed by atoms with Gasteiger partial charge in [-0.25, -0.2) is 0 Å². The second kappa shape index (κ2) is 7.37. The average Bonchev–Trinajstić information content (AvgIpc) is 2.14. The Morgan fingerprint density at radius 2 is 1.77 bits per heavy atom. The molecule has 0 spiro atoms. The van der Waals surface area contributed by atoms with Gasteiger partial charge in [0.2, 0.25) is 0 Å². The molecule has 0 aliphatic carbocycles. The minimum absolute atomic E-state index is 0.106. The van der Waals surface area contributed by atoms with Gasteiger partial charge in [-0.1, -0.05) is 47.0 Å². The second-order valence-corrected chi connectivity index (χ2v) is 4.03. The zero-order valence-electron chi connectivity index (χ0n) is 9.42. The van der Waals surface area contributed by atoms with Crippen LogP contribution in [-0.2, 0) is 0 Å². The van der Waals surface area contributed by atoms with Gasteiger partial charge in [0.05, 0.1) is 6.10 Å². The second-order valence-electron chi connectivity index (χ2n) is 4.03. The molecular formula is C12H25O. The van der Waals surface area contributed by atoms with E-state index >= 15 is 0 Å². The maximum atomic E-state index is 9.83. The molecule has 0 saturated heterocycles. The molecule has 0 amide bonds. The van der Waals surface area contributed by atoms with E-state index in [-0.39, 0.29) is 6.10 Å². The van der Waals surface area contributed by atoms with Gasteiger partial charge >= 0.3 is 0 Å². The van der Waals surface area contributed by atoms with Crippen LogP contribution in [0.25, 0.3) is 0 Å². The van der Waals surface area contributed by atoms with E-state index in [0.29, 0.717) is 11.8 Å². The molecule has 3 atom stereocenters. The Morgan fingerprint density at radius 3 is 2.15 bits per heavy atom. The molecule has 1 nitrogen and oxygen atoms in total. The van der Waals surface area contributed by atoms with Crippen LogP contribution in [-0.4, -0.2) is 11.2 Å². The molecule has 0 heterocycles. The molecule has 79 valence electrons. The van der Waals surface area contributed by atoms with Gasteiger partial charge in [0, 0.05) is 0 Å². The van der Waals surface area contributed by atoms with Crippen molar-refractivity contribution in [3.63, 3.8) is 0 Å². The van der Waals surface area contributed by atoms with E-state index < -0.39 is 0 Å². The van der Waals surface area contributed by atoms with Crippen molar-refractivity contribution in [1.29, 1.82) is 0 Å². The van der Waals surface area contributed by atoms with Crippen LogP contribution in [0.5, 0.6) is 0 Å². The molecule has 0 bridgehead atoms. The van der Waals surface area contributed by atoms with Crippen molar-refractivity contribution in [3.05, 3.63) is 6.92 Å². The van der Waals surface area contributed by atoms with E-state index in [1.165, 1.54) is 0 Å². The summed E-state index contributed by atoms with van der Waals surface area (Å²) < 4.78 is 0. The van der Waals surface area contributed by atoms with E-state index in [9.17, 15) is 5.11 Å². The van der Waals surface area contributed by atoms with Crippen LogP contribution in [0.4, 0.5) is 0 Å². The zero-order valence-corrected chi connectivity index (χ0v) is 9.42. The number of aliphatic hydroxyl groups is 1. The molecule has 1 N–H and O–H groups in total. The molecular weight excluding hydrogens is 160 g/mol. The number of aliphatic hydroxyl groups excluding tert-OH is 1. The van der Waals surface area contributed by atoms with Crippen LogP contribution in [0.1, 0.15) is 52.9 Å². The SMILES string of the molecule is [CH2]C(CC)CC(CC)C(O)CCC.